The first kappa shape index (κ1) is 15.8. The quantitative estimate of drug-likeness (QED) is 0.340. The Balaban J connectivity index is 2.95. The van der Waals surface area contributed by atoms with Crippen LogP contribution < -0.4 is 5.73 Å². The molecule has 1 aliphatic carbocycles. The summed E-state index contributed by atoms with van der Waals surface area (Å²) in [4.78, 5) is 14.4. The molecule has 0 bridgehead atoms. The zero-order valence-electron chi connectivity index (χ0n) is 12.1. The smallest absolute Gasteiger partial charge is 0.236 e. The minimum atomic E-state index is -0.844. The molecular weight excluding hydrogens is 246 g/mol. The van der Waals surface area contributed by atoms with Gasteiger partial charge in [0.2, 0.25) is 5.91 Å². The number of amidine groups is 1. The highest BCUT2D eigenvalue weighted by Crippen LogP contribution is 2.38. The zero-order chi connectivity index (χ0) is 14.5. The predicted octanol–water partition coefficient (Wildman–Crippen LogP) is 1.18. The molecule has 1 rings (SSSR count). The van der Waals surface area contributed by atoms with Crippen LogP contribution in [-0.4, -0.2) is 48.7 Å². The number of rotatable bonds is 5. The molecule has 1 saturated carbocycles. The minimum Gasteiger partial charge on any atom is -0.409 e. The van der Waals surface area contributed by atoms with Crippen LogP contribution in [0.2, 0.25) is 0 Å². The molecule has 0 saturated heterocycles. The Bertz CT molecular complexity index is 338. The predicted molar refractivity (Wildman–Crippen MR) is 73.0 cm³/mol. The van der Waals surface area contributed by atoms with Gasteiger partial charge in [0.15, 0.2) is 5.84 Å². The summed E-state index contributed by atoms with van der Waals surface area (Å²) in [6.07, 6.45) is 4.23. The van der Waals surface area contributed by atoms with Crippen molar-refractivity contribution in [3.8, 4) is 0 Å². The highest BCUT2D eigenvalue weighted by atomic mass is 16.5. The maximum Gasteiger partial charge on any atom is 0.236 e. The van der Waals surface area contributed by atoms with Gasteiger partial charge in [-0.15, -0.1) is 0 Å². The highest BCUT2D eigenvalue weighted by molar-refractivity contribution is 6.06. The van der Waals surface area contributed by atoms with Crippen LogP contribution in [0.15, 0.2) is 5.16 Å². The van der Waals surface area contributed by atoms with Gasteiger partial charge in [0.1, 0.15) is 5.41 Å². The number of likely N-dealkylation sites (N-methyl/N-ethyl adjacent to an activating group) is 1. The van der Waals surface area contributed by atoms with Crippen molar-refractivity contribution in [2.45, 2.75) is 45.1 Å². The van der Waals surface area contributed by atoms with E-state index in [9.17, 15) is 4.79 Å². The molecule has 110 valence electrons. The SMILES string of the molecule is COCC(C)N(C)C(=O)C1(C(N)=NO)CCCCC1. The fourth-order valence-electron chi connectivity index (χ4n) is 2.72. The fraction of sp³-hybridized carbons (Fsp3) is 0.846. The summed E-state index contributed by atoms with van der Waals surface area (Å²) in [6, 6.07) is -0.0391. The van der Waals surface area contributed by atoms with Crippen LogP contribution >= 0.6 is 0 Å². The average Bonchev–Trinajstić information content (AvgIpc) is 2.45. The molecule has 1 fully saturated rings. The summed E-state index contributed by atoms with van der Waals surface area (Å²) in [5, 5.41) is 12.1. The number of ether oxygens (including phenoxy) is 1. The van der Waals surface area contributed by atoms with E-state index >= 15 is 0 Å². The van der Waals surface area contributed by atoms with Crippen LogP contribution in [0.1, 0.15) is 39.0 Å². The van der Waals surface area contributed by atoms with Gasteiger partial charge in [-0.25, -0.2) is 0 Å². The number of nitrogens with two attached hydrogens (primary N) is 1. The first-order chi connectivity index (χ1) is 8.99. The lowest BCUT2D eigenvalue weighted by Crippen LogP contribution is -2.54. The normalized spacial score (nSPS) is 20.9. The van der Waals surface area contributed by atoms with Gasteiger partial charge in [-0.1, -0.05) is 24.4 Å². The van der Waals surface area contributed by atoms with E-state index in [1.165, 1.54) is 0 Å². The van der Waals surface area contributed by atoms with Crippen molar-refractivity contribution in [2.75, 3.05) is 20.8 Å². The number of hydrogen-bond acceptors (Lipinski definition) is 4. The van der Waals surface area contributed by atoms with Crippen LogP contribution in [0.25, 0.3) is 0 Å². The molecule has 1 aliphatic rings. The van der Waals surface area contributed by atoms with E-state index in [-0.39, 0.29) is 17.8 Å². The Morgan fingerprint density at radius 1 is 1.47 bits per heavy atom. The summed E-state index contributed by atoms with van der Waals surface area (Å²) < 4.78 is 5.08. The van der Waals surface area contributed by atoms with Gasteiger partial charge < -0.3 is 20.6 Å². The lowest BCUT2D eigenvalue weighted by atomic mass is 9.72. The lowest BCUT2D eigenvalue weighted by Gasteiger charge is -2.39. The molecule has 6 heteroatoms. The largest absolute Gasteiger partial charge is 0.409 e. The number of nitrogens with zero attached hydrogens (tertiary/aromatic N) is 2. The Morgan fingerprint density at radius 2 is 2.05 bits per heavy atom. The van der Waals surface area contributed by atoms with E-state index in [4.69, 9.17) is 15.7 Å². The average molecular weight is 271 g/mol. The van der Waals surface area contributed by atoms with Gasteiger partial charge in [-0.3, -0.25) is 4.79 Å². The molecular formula is C13H25N3O3. The van der Waals surface area contributed by atoms with Gasteiger partial charge >= 0.3 is 0 Å². The van der Waals surface area contributed by atoms with Crippen LogP contribution in [0.5, 0.6) is 0 Å². The molecule has 6 nitrogen and oxygen atoms in total. The zero-order valence-corrected chi connectivity index (χ0v) is 12.1. The van der Waals surface area contributed by atoms with Crippen LogP contribution in [0.4, 0.5) is 0 Å². The van der Waals surface area contributed by atoms with Gasteiger partial charge in [0.05, 0.1) is 12.6 Å². The first-order valence-corrected chi connectivity index (χ1v) is 6.74. The van der Waals surface area contributed by atoms with E-state index < -0.39 is 5.41 Å². The molecule has 0 heterocycles. The third-order valence-corrected chi connectivity index (χ3v) is 4.10. The van der Waals surface area contributed by atoms with Crippen LogP contribution in [-0.2, 0) is 9.53 Å². The summed E-state index contributed by atoms with van der Waals surface area (Å²) >= 11 is 0. The second-order valence-electron chi connectivity index (χ2n) is 5.35. The molecule has 0 aliphatic heterocycles. The lowest BCUT2D eigenvalue weighted by molar-refractivity contribution is -0.141. The summed E-state index contributed by atoms with van der Waals surface area (Å²) in [5.41, 5.74) is 4.97. The highest BCUT2D eigenvalue weighted by Gasteiger charge is 2.46. The third kappa shape index (κ3) is 3.18. The van der Waals surface area contributed by atoms with Gasteiger partial charge in [-0.2, -0.15) is 0 Å². The van der Waals surface area contributed by atoms with E-state index in [2.05, 4.69) is 5.16 Å². The van der Waals surface area contributed by atoms with Crippen molar-refractivity contribution in [3.05, 3.63) is 0 Å². The molecule has 19 heavy (non-hydrogen) atoms. The standard InChI is InChI=1S/C13H25N3O3/c1-10(9-19-3)16(2)12(17)13(11(14)15-18)7-5-4-6-8-13/h10,18H,4-9H2,1-3H3,(H2,14,15). The van der Waals surface area contributed by atoms with Crippen molar-refractivity contribution in [3.63, 3.8) is 0 Å². The van der Waals surface area contributed by atoms with E-state index in [1.54, 1.807) is 19.1 Å². The molecule has 3 N–H and O–H groups in total. The Labute approximate surface area is 114 Å². The van der Waals surface area contributed by atoms with Gasteiger partial charge in [-0.05, 0) is 19.8 Å². The molecule has 0 spiro atoms. The fourth-order valence-corrected chi connectivity index (χ4v) is 2.72. The second-order valence-corrected chi connectivity index (χ2v) is 5.35. The first-order valence-electron chi connectivity index (χ1n) is 6.74. The number of methoxy groups -OCH3 is 1. The maximum absolute atomic E-state index is 12.7. The van der Waals surface area contributed by atoms with Gasteiger partial charge in [0, 0.05) is 14.2 Å². The Hall–Kier alpha value is -1.30. The summed E-state index contributed by atoms with van der Waals surface area (Å²) in [6.45, 7) is 2.39. The van der Waals surface area contributed by atoms with Crippen molar-refractivity contribution in [2.24, 2.45) is 16.3 Å². The van der Waals surface area contributed by atoms with E-state index in [0.29, 0.717) is 19.4 Å². The number of oxime groups is 1. The van der Waals surface area contributed by atoms with Crippen molar-refractivity contribution < 1.29 is 14.7 Å². The van der Waals surface area contributed by atoms with Crippen molar-refractivity contribution in [1.29, 1.82) is 0 Å². The summed E-state index contributed by atoms with van der Waals surface area (Å²) in [7, 11) is 3.35. The second kappa shape index (κ2) is 6.75. The third-order valence-electron chi connectivity index (χ3n) is 4.10. The summed E-state index contributed by atoms with van der Waals surface area (Å²) in [5.74, 6) is -0.0410. The topological polar surface area (TPSA) is 88.2 Å². The molecule has 1 atom stereocenters. The number of carbonyl (C=O) groups is 1. The Kier molecular flexibility index (Phi) is 5.60. The van der Waals surface area contributed by atoms with Gasteiger partial charge in [0.25, 0.3) is 0 Å². The molecule has 1 unspecified atom stereocenters. The Morgan fingerprint density at radius 3 is 2.53 bits per heavy atom. The minimum absolute atomic E-state index is 0.0358. The van der Waals surface area contributed by atoms with Crippen molar-refractivity contribution >= 4 is 11.7 Å². The van der Waals surface area contributed by atoms with Crippen LogP contribution in [0, 0.1) is 5.41 Å². The molecule has 0 aromatic heterocycles. The maximum atomic E-state index is 12.7. The monoisotopic (exact) mass is 271 g/mol. The number of hydrogen-bond donors (Lipinski definition) is 2. The van der Waals surface area contributed by atoms with Crippen molar-refractivity contribution in [1.82, 2.24) is 4.90 Å². The molecule has 1 amide bonds. The molecule has 0 radical (unpaired) electrons. The number of amides is 1. The molecule has 0 aromatic rings. The van der Waals surface area contributed by atoms with E-state index in [1.807, 2.05) is 6.92 Å². The number of carbonyl (C=O) groups excluding carboxylic acids is 1. The van der Waals surface area contributed by atoms with Crippen LogP contribution in [0.3, 0.4) is 0 Å². The molecule has 0 aromatic carbocycles. The van der Waals surface area contributed by atoms with E-state index in [0.717, 1.165) is 19.3 Å².